The summed E-state index contributed by atoms with van der Waals surface area (Å²) in [6.45, 7) is 10.4. The maximum absolute atomic E-state index is 14.1. The summed E-state index contributed by atoms with van der Waals surface area (Å²) in [5.74, 6) is -0.360. The van der Waals surface area contributed by atoms with Crippen LogP contribution in [0.1, 0.15) is 40.2 Å². The molecule has 1 saturated heterocycles. The second-order valence-corrected chi connectivity index (χ2v) is 7.84. The van der Waals surface area contributed by atoms with Gasteiger partial charge in [0.2, 0.25) is 0 Å². The smallest absolute Gasteiger partial charge is 0.413 e. The summed E-state index contributed by atoms with van der Waals surface area (Å²) in [6, 6.07) is 3.86. The molecule has 1 heterocycles. The van der Waals surface area contributed by atoms with Crippen LogP contribution in [-0.2, 0) is 11.3 Å². The summed E-state index contributed by atoms with van der Waals surface area (Å²) in [5, 5.41) is 5.88. The Bertz CT molecular complexity index is 686. The number of hydrogen-bond acceptors (Lipinski definition) is 5. The number of rotatable bonds is 3. The highest BCUT2D eigenvalue weighted by Crippen LogP contribution is 2.19. The van der Waals surface area contributed by atoms with Gasteiger partial charge in [0, 0.05) is 36.3 Å². The van der Waals surface area contributed by atoms with Crippen LogP contribution in [-0.4, -0.2) is 47.8 Å². The van der Waals surface area contributed by atoms with E-state index in [1.165, 1.54) is 18.2 Å². The minimum atomic E-state index is -0.638. The summed E-state index contributed by atoms with van der Waals surface area (Å²) in [7, 11) is 0. The largest absolute Gasteiger partial charge is 0.444 e. The molecule has 1 aliphatic heterocycles. The van der Waals surface area contributed by atoms with Gasteiger partial charge in [0.05, 0.1) is 0 Å². The van der Waals surface area contributed by atoms with E-state index >= 15 is 0 Å². The van der Waals surface area contributed by atoms with E-state index in [1.54, 1.807) is 4.90 Å². The quantitative estimate of drug-likeness (QED) is 0.787. The molecule has 1 aromatic carbocycles. The minimum absolute atomic E-state index is 0. The fraction of sp³-hybridized carbons (Fsp3) is 0.579. The second-order valence-electron chi connectivity index (χ2n) is 7.84. The second kappa shape index (κ2) is 9.93. The van der Waals surface area contributed by atoms with Gasteiger partial charge in [-0.1, -0.05) is 0 Å². The van der Waals surface area contributed by atoms with Crippen LogP contribution in [0.15, 0.2) is 18.2 Å². The SMILES string of the molecule is C[C@@H]1CNC[C@H](C)N1C(=O)OCc1cc(OC(=O)NC(C)(C)C)ccc1F.Cl. The number of nitrogens with one attached hydrogen (secondary N) is 2. The van der Waals surface area contributed by atoms with Gasteiger partial charge in [-0.25, -0.2) is 14.0 Å². The third-order valence-electron chi connectivity index (χ3n) is 4.10. The number of piperazine rings is 1. The van der Waals surface area contributed by atoms with Crippen molar-refractivity contribution in [3.63, 3.8) is 0 Å². The van der Waals surface area contributed by atoms with Gasteiger partial charge >= 0.3 is 12.2 Å². The lowest BCUT2D eigenvalue weighted by Crippen LogP contribution is -2.57. The lowest BCUT2D eigenvalue weighted by atomic mass is 10.1. The van der Waals surface area contributed by atoms with E-state index in [0.717, 1.165) is 0 Å². The minimum Gasteiger partial charge on any atom is -0.444 e. The Morgan fingerprint density at radius 1 is 1.25 bits per heavy atom. The number of amides is 2. The van der Waals surface area contributed by atoms with Gasteiger partial charge in [0.15, 0.2) is 0 Å². The van der Waals surface area contributed by atoms with Crippen molar-refractivity contribution >= 4 is 24.6 Å². The molecule has 1 aliphatic rings. The van der Waals surface area contributed by atoms with Crippen molar-refractivity contribution in [2.24, 2.45) is 0 Å². The Hall–Kier alpha value is -2.06. The molecule has 2 amide bonds. The molecule has 0 saturated carbocycles. The van der Waals surface area contributed by atoms with E-state index in [2.05, 4.69) is 10.6 Å². The highest BCUT2D eigenvalue weighted by atomic mass is 35.5. The number of halogens is 2. The summed E-state index contributed by atoms with van der Waals surface area (Å²) in [6.07, 6.45) is -1.13. The molecule has 2 rings (SSSR count). The van der Waals surface area contributed by atoms with Crippen molar-refractivity contribution in [2.75, 3.05) is 13.1 Å². The van der Waals surface area contributed by atoms with Gasteiger partial charge in [0.1, 0.15) is 18.2 Å². The first-order valence-corrected chi connectivity index (χ1v) is 9.01. The van der Waals surface area contributed by atoms with Crippen LogP contribution in [0.2, 0.25) is 0 Å². The molecule has 28 heavy (non-hydrogen) atoms. The molecule has 2 atom stereocenters. The molecule has 1 fully saturated rings. The summed E-state index contributed by atoms with van der Waals surface area (Å²) in [5.41, 5.74) is -0.313. The average molecular weight is 418 g/mol. The van der Waals surface area contributed by atoms with Gasteiger partial charge in [-0.2, -0.15) is 0 Å². The number of ether oxygens (including phenoxy) is 2. The lowest BCUT2D eigenvalue weighted by Gasteiger charge is -2.38. The Labute approximate surface area is 171 Å². The number of carbonyl (C=O) groups is 2. The fourth-order valence-electron chi connectivity index (χ4n) is 2.87. The molecule has 1 aromatic rings. The first-order chi connectivity index (χ1) is 12.6. The van der Waals surface area contributed by atoms with Crippen molar-refractivity contribution in [3.05, 3.63) is 29.6 Å². The Morgan fingerprint density at radius 2 is 1.86 bits per heavy atom. The van der Waals surface area contributed by atoms with Crippen molar-refractivity contribution in [2.45, 2.75) is 58.8 Å². The summed E-state index contributed by atoms with van der Waals surface area (Å²) in [4.78, 5) is 25.9. The van der Waals surface area contributed by atoms with Gasteiger partial charge in [-0.05, 0) is 52.8 Å². The molecule has 0 radical (unpaired) electrons. The van der Waals surface area contributed by atoms with Crippen LogP contribution in [0, 0.1) is 5.82 Å². The topological polar surface area (TPSA) is 79.9 Å². The van der Waals surface area contributed by atoms with E-state index in [4.69, 9.17) is 9.47 Å². The predicted molar refractivity (Wildman–Crippen MR) is 106 cm³/mol. The molecule has 0 bridgehead atoms. The van der Waals surface area contributed by atoms with Crippen molar-refractivity contribution in [1.82, 2.24) is 15.5 Å². The summed E-state index contributed by atoms with van der Waals surface area (Å²) < 4.78 is 24.5. The molecular formula is C19H29ClFN3O4. The first-order valence-electron chi connectivity index (χ1n) is 9.01. The first kappa shape index (κ1) is 24.0. The molecule has 2 N–H and O–H groups in total. The van der Waals surface area contributed by atoms with Gasteiger partial charge < -0.3 is 25.0 Å². The molecule has 7 nitrogen and oxygen atoms in total. The highest BCUT2D eigenvalue weighted by Gasteiger charge is 2.30. The van der Waals surface area contributed by atoms with Crippen LogP contribution >= 0.6 is 12.4 Å². The van der Waals surface area contributed by atoms with Crippen LogP contribution in [0.5, 0.6) is 5.75 Å². The number of nitrogens with zero attached hydrogens (tertiary/aromatic N) is 1. The standard InChI is InChI=1S/C19H28FN3O4.ClH/c1-12-9-21-10-13(2)23(12)18(25)26-11-14-8-15(6-7-16(14)20)27-17(24)22-19(3,4)5;/h6-8,12-13,21H,9-11H2,1-5H3,(H,22,24);1H/t12-,13+;. The fourth-order valence-corrected chi connectivity index (χ4v) is 2.87. The summed E-state index contributed by atoms with van der Waals surface area (Å²) >= 11 is 0. The molecule has 0 unspecified atom stereocenters. The number of carbonyl (C=O) groups excluding carboxylic acids is 2. The zero-order valence-corrected chi connectivity index (χ0v) is 17.7. The average Bonchev–Trinajstić information content (AvgIpc) is 2.53. The molecule has 0 aromatic heterocycles. The predicted octanol–water partition coefficient (Wildman–Crippen LogP) is 3.45. The lowest BCUT2D eigenvalue weighted by molar-refractivity contribution is 0.0557. The zero-order chi connectivity index (χ0) is 20.2. The van der Waals surface area contributed by atoms with Crippen LogP contribution in [0.4, 0.5) is 14.0 Å². The molecule has 0 aliphatic carbocycles. The zero-order valence-electron chi connectivity index (χ0n) is 16.9. The van der Waals surface area contributed by atoms with Crippen molar-refractivity contribution in [3.8, 4) is 5.75 Å². The van der Waals surface area contributed by atoms with E-state index in [-0.39, 0.29) is 42.4 Å². The maximum Gasteiger partial charge on any atom is 0.413 e. The maximum atomic E-state index is 14.1. The van der Waals surface area contributed by atoms with E-state index < -0.39 is 23.5 Å². The third-order valence-corrected chi connectivity index (χ3v) is 4.10. The number of benzene rings is 1. The molecular weight excluding hydrogens is 389 g/mol. The molecule has 9 heteroatoms. The molecule has 158 valence electrons. The van der Waals surface area contributed by atoms with Crippen LogP contribution in [0.25, 0.3) is 0 Å². The van der Waals surface area contributed by atoms with E-state index in [0.29, 0.717) is 13.1 Å². The van der Waals surface area contributed by atoms with E-state index in [9.17, 15) is 14.0 Å². The van der Waals surface area contributed by atoms with Crippen LogP contribution in [0.3, 0.4) is 0 Å². The van der Waals surface area contributed by atoms with Crippen LogP contribution < -0.4 is 15.4 Å². The Kier molecular flexibility index (Phi) is 8.50. The highest BCUT2D eigenvalue weighted by molar-refractivity contribution is 5.85. The normalized spacial score (nSPS) is 19.4. The third kappa shape index (κ3) is 6.83. The number of hydrogen-bond donors (Lipinski definition) is 2. The monoisotopic (exact) mass is 417 g/mol. The molecule has 0 spiro atoms. The Morgan fingerprint density at radius 3 is 2.43 bits per heavy atom. The van der Waals surface area contributed by atoms with Gasteiger partial charge in [-0.3, -0.25) is 0 Å². The van der Waals surface area contributed by atoms with Crippen molar-refractivity contribution in [1.29, 1.82) is 0 Å². The van der Waals surface area contributed by atoms with E-state index in [1.807, 2.05) is 34.6 Å². The van der Waals surface area contributed by atoms with Gasteiger partial charge in [-0.15, -0.1) is 12.4 Å². The van der Waals surface area contributed by atoms with Gasteiger partial charge in [0.25, 0.3) is 0 Å². The van der Waals surface area contributed by atoms with Crippen molar-refractivity contribution < 1.29 is 23.5 Å². The Balaban J connectivity index is 0.00000392.